The first-order valence-electron chi connectivity index (χ1n) is 8.04. The molecular weight excluding hydrogens is 374 g/mol. The van der Waals surface area contributed by atoms with Gasteiger partial charge in [0, 0.05) is 16.0 Å². The zero-order chi connectivity index (χ0) is 19.0. The van der Waals surface area contributed by atoms with Gasteiger partial charge in [-0.2, -0.15) is 0 Å². The summed E-state index contributed by atoms with van der Waals surface area (Å²) >= 11 is 1.23. The van der Waals surface area contributed by atoms with E-state index in [0.717, 1.165) is 40.0 Å². The molecule has 0 spiro atoms. The smallest absolute Gasteiger partial charge is 0.348 e. The van der Waals surface area contributed by atoms with E-state index < -0.39 is 35.6 Å². The summed E-state index contributed by atoms with van der Waals surface area (Å²) < 4.78 is 37.9. The standard InChI is InChI=1S/C20H12F2O4S/c21-13-5-3-6-14(22)18(13)15(23)10-26-20(24)17-8-11-9-25-16-7-2-1-4-12(16)19(11)27-17/h1-8H,9-10H2. The number of halogens is 2. The normalized spacial score (nSPS) is 11.9. The van der Waals surface area contributed by atoms with E-state index in [1.165, 1.54) is 11.3 Å². The molecule has 0 saturated carbocycles. The van der Waals surface area contributed by atoms with Crippen LogP contribution >= 0.6 is 11.3 Å². The van der Waals surface area contributed by atoms with Crippen molar-refractivity contribution in [3.05, 3.63) is 76.2 Å². The largest absolute Gasteiger partial charge is 0.488 e. The third-order valence-corrected chi connectivity index (χ3v) is 5.29. The molecule has 0 atom stereocenters. The number of carbonyl (C=O) groups excluding carboxylic acids is 2. The fourth-order valence-electron chi connectivity index (χ4n) is 2.84. The Morgan fingerprint density at radius 2 is 1.81 bits per heavy atom. The quantitative estimate of drug-likeness (QED) is 0.485. The molecule has 0 aliphatic carbocycles. The van der Waals surface area contributed by atoms with Crippen LogP contribution in [0.15, 0.2) is 48.5 Å². The van der Waals surface area contributed by atoms with Gasteiger partial charge in [0.2, 0.25) is 5.78 Å². The molecule has 0 N–H and O–H groups in total. The molecule has 0 unspecified atom stereocenters. The van der Waals surface area contributed by atoms with Crippen molar-refractivity contribution in [1.29, 1.82) is 0 Å². The lowest BCUT2D eigenvalue weighted by Gasteiger charge is -2.16. The first-order chi connectivity index (χ1) is 13.0. The molecular formula is C20H12F2O4S. The zero-order valence-corrected chi connectivity index (χ0v) is 14.6. The van der Waals surface area contributed by atoms with Crippen molar-refractivity contribution in [2.24, 2.45) is 0 Å². The molecule has 0 fully saturated rings. The molecule has 7 heteroatoms. The molecule has 27 heavy (non-hydrogen) atoms. The summed E-state index contributed by atoms with van der Waals surface area (Å²) in [4.78, 5) is 25.5. The average molecular weight is 386 g/mol. The lowest BCUT2D eigenvalue weighted by molar-refractivity contribution is 0.0477. The average Bonchev–Trinajstić information content (AvgIpc) is 3.11. The molecule has 1 aromatic heterocycles. The highest BCUT2D eigenvalue weighted by Crippen LogP contribution is 2.42. The van der Waals surface area contributed by atoms with Gasteiger partial charge in [0.15, 0.2) is 6.61 Å². The first-order valence-corrected chi connectivity index (χ1v) is 8.85. The Bertz CT molecular complexity index is 1040. The van der Waals surface area contributed by atoms with Crippen LogP contribution in [0.3, 0.4) is 0 Å². The summed E-state index contributed by atoms with van der Waals surface area (Å²) in [5, 5.41) is 0. The second-order valence-electron chi connectivity index (χ2n) is 5.85. The van der Waals surface area contributed by atoms with Gasteiger partial charge in [0.1, 0.15) is 28.9 Å². The van der Waals surface area contributed by atoms with Crippen molar-refractivity contribution in [3.8, 4) is 16.2 Å². The van der Waals surface area contributed by atoms with E-state index in [2.05, 4.69) is 0 Å². The lowest BCUT2D eigenvalue weighted by atomic mass is 10.1. The molecule has 4 nitrogen and oxygen atoms in total. The number of thiophene rings is 1. The second-order valence-corrected chi connectivity index (χ2v) is 6.90. The molecule has 1 aliphatic rings. The van der Waals surface area contributed by atoms with E-state index in [1.54, 1.807) is 6.07 Å². The van der Waals surface area contributed by atoms with Gasteiger partial charge in [-0.25, -0.2) is 13.6 Å². The van der Waals surface area contributed by atoms with Crippen molar-refractivity contribution >= 4 is 23.1 Å². The van der Waals surface area contributed by atoms with Crippen LogP contribution in [-0.4, -0.2) is 18.4 Å². The van der Waals surface area contributed by atoms with Gasteiger partial charge < -0.3 is 9.47 Å². The third kappa shape index (κ3) is 3.21. The number of ketones is 1. The molecule has 2 aromatic carbocycles. The fourth-order valence-corrected chi connectivity index (χ4v) is 3.93. The van der Waals surface area contributed by atoms with Gasteiger partial charge in [-0.3, -0.25) is 4.79 Å². The van der Waals surface area contributed by atoms with Gasteiger partial charge in [-0.05, 0) is 30.3 Å². The number of hydrogen-bond donors (Lipinski definition) is 0. The van der Waals surface area contributed by atoms with Crippen LogP contribution < -0.4 is 4.74 Å². The third-order valence-electron chi connectivity index (χ3n) is 4.10. The minimum Gasteiger partial charge on any atom is -0.488 e. The maximum Gasteiger partial charge on any atom is 0.348 e. The van der Waals surface area contributed by atoms with E-state index in [0.29, 0.717) is 11.5 Å². The highest BCUT2D eigenvalue weighted by Gasteiger charge is 2.24. The minimum absolute atomic E-state index is 0.294. The number of hydrogen-bond acceptors (Lipinski definition) is 5. The molecule has 0 bridgehead atoms. The summed E-state index contributed by atoms with van der Waals surface area (Å²) in [7, 11) is 0. The summed E-state index contributed by atoms with van der Waals surface area (Å²) in [5.41, 5.74) is 1.02. The first kappa shape index (κ1) is 17.4. The second kappa shape index (κ2) is 6.92. The molecule has 0 radical (unpaired) electrons. The maximum atomic E-state index is 13.6. The van der Waals surface area contributed by atoms with Gasteiger partial charge in [-0.15, -0.1) is 11.3 Å². The Labute approximate surface area is 157 Å². The van der Waals surface area contributed by atoms with Crippen molar-refractivity contribution in [1.82, 2.24) is 0 Å². The van der Waals surface area contributed by atoms with E-state index in [-0.39, 0.29) is 0 Å². The number of esters is 1. The number of ether oxygens (including phenoxy) is 2. The molecule has 2 heterocycles. The molecule has 3 aromatic rings. The molecule has 0 saturated heterocycles. The Hall–Kier alpha value is -3.06. The maximum absolute atomic E-state index is 13.6. The monoisotopic (exact) mass is 386 g/mol. The predicted octanol–water partition coefficient (Wildman–Crippen LogP) is 4.63. The van der Waals surface area contributed by atoms with Crippen molar-refractivity contribution < 1.29 is 27.8 Å². The van der Waals surface area contributed by atoms with E-state index >= 15 is 0 Å². The van der Waals surface area contributed by atoms with E-state index in [9.17, 15) is 18.4 Å². The van der Waals surface area contributed by atoms with Crippen LogP contribution in [0, 0.1) is 11.6 Å². The zero-order valence-electron chi connectivity index (χ0n) is 13.8. The highest BCUT2D eigenvalue weighted by molar-refractivity contribution is 7.17. The minimum atomic E-state index is -0.989. The van der Waals surface area contributed by atoms with Crippen molar-refractivity contribution in [2.75, 3.05) is 6.61 Å². The van der Waals surface area contributed by atoms with Crippen LogP contribution in [0.1, 0.15) is 25.6 Å². The van der Waals surface area contributed by atoms with Crippen molar-refractivity contribution in [2.45, 2.75) is 6.61 Å². The Balaban J connectivity index is 1.51. The Kier molecular flexibility index (Phi) is 4.45. The van der Waals surface area contributed by atoms with Crippen LogP contribution in [0.2, 0.25) is 0 Å². The number of fused-ring (bicyclic) bond motifs is 3. The highest BCUT2D eigenvalue weighted by atomic mass is 32.1. The van der Waals surface area contributed by atoms with Gasteiger partial charge >= 0.3 is 5.97 Å². The molecule has 4 rings (SSSR count). The Morgan fingerprint density at radius 1 is 1.07 bits per heavy atom. The molecule has 0 amide bonds. The fraction of sp³-hybridized carbons (Fsp3) is 0.100. The van der Waals surface area contributed by atoms with Crippen LogP contribution in [0.4, 0.5) is 8.78 Å². The van der Waals surface area contributed by atoms with Crippen LogP contribution in [0.5, 0.6) is 5.75 Å². The van der Waals surface area contributed by atoms with Crippen LogP contribution in [0.25, 0.3) is 10.4 Å². The molecule has 136 valence electrons. The van der Waals surface area contributed by atoms with E-state index in [4.69, 9.17) is 9.47 Å². The van der Waals surface area contributed by atoms with Crippen molar-refractivity contribution in [3.63, 3.8) is 0 Å². The number of rotatable bonds is 4. The number of para-hydroxylation sites is 1. The number of carbonyl (C=O) groups is 2. The van der Waals surface area contributed by atoms with Crippen LogP contribution in [-0.2, 0) is 11.3 Å². The summed E-state index contributed by atoms with van der Waals surface area (Å²) in [6.45, 7) is -0.415. The topological polar surface area (TPSA) is 52.6 Å². The van der Waals surface area contributed by atoms with Gasteiger partial charge in [0.25, 0.3) is 0 Å². The molecule has 1 aliphatic heterocycles. The summed E-state index contributed by atoms with van der Waals surface area (Å²) in [5.74, 6) is -2.91. The van der Waals surface area contributed by atoms with E-state index in [1.807, 2.05) is 24.3 Å². The van der Waals surface area contributed by atoms with Gasteiger partial charge in [-0.1, -0.05) is 18.2 Å². The Morgan fingerprint density at radius 3 is 2.59 bits per heavy atom. The SMILES string of the molecule is O=C(OCC(=O)c1c(F)cccc1F)c1cc2c(s1)-c1ccccc1OC2. The number of benzene rings is 2. The van der Waals surface area contributed by atoms with Gasteiger partial charge in [0.05, 0.1) is 5.56 Å². The predicted molar refractivity (Wildman–Crippen MR) is 95.1 cm³/mol. The number of Topliss-reactive ketones (excluding diaryl/α,β-unsaturated/α-hetero) is 1. The summed E-state index contributed by atoms with van der Waals surface area (Å²) in [6.07, 6.45) is 0. The lowest BCUT2D eigenvalue weighted by Crippen LogP contribution is -2.16. The summed E-state index contributed by atoms with van der Waals surface area (Å²) in [6, 6.07) is 12.2.